The molecule has 0 bridgehead atoms. The molecular formula is C14H14BrF2N3OS. The van der Waals surface area contributed by atoms with E-state index in [1.807, 2.05) is 11.4 Å². The van der Waals surface area contributed by atoms with E-state index in [0.29, 0.717) is 6.54 Å². The van der Waals surface area contributed by atoms with Gasteiger partial charge in [0.05, 0.1) is 6.54 Å². The Labute approximate surface area is 139 Å². The zero-order chi connectivity index (χ0) is 16.3. The van der Waals surface area contributed by atoms with Crippen molar-refractivity contribution in [3.8, 4) is 0 Å². The fourth-order valence-electron chi connectivity index (χ4n) is 1.85. The van der Waals surface area contributed by atoms with E-state index in [-0.39, 0.29) is 11.4 Å². The molecule has 0 saturated heterocycles. The minimum Gasteiger partial charge on any atom is -0.373 e. The number of hydrogen-bond donors (Lipinski definition) is 2. The number of carbonyl (C=O) groups excluding carboxylic acids is 1. The Hall–Kier alpha value is -1.67. The minimum atomic E-state index is -0.735. The van der Waals surface area contributed by atoms with Crippen LogP contribution >= 0.6 is 27.3 Å². The summed E-state index contributed by atoms with van der Waals surface area (Å²) >= 11 is 4.85. The molecule has 2 amide bonds. The molecule has 8 heteroatoms. The summed E-state index contributed by atoms with van der Waals surface area (Å²) in [6, 6.07) is 3.51. The standard InChI is InChI=1S/C14H14BrF2N3OS/c1-20(2)13-10(16)5-8(6-11(13)17)19-14(21)18-7-12-9(15)3-4-22-12/h3-6H,7H2,1-2H3,(H2,18,19,21). The number of nitrogens with one attached hydrogen (secondary N) is 2. The van der Waals surface area contributed by atoms with Gasteiger partial charge in [-0.1, -0.05) is 0 Å². The predicted octanol–water partition coefficient (Wildman–Crippen LogP) is 4.18. The predicted molar refractivity (Wildman–Crippen MR) is 88.6 cm³/mol. The lowest BCUT2D eigenvalue weighted by molar-refractivity contribution is 0.252. The van der Waals surface area contributed by atoms with Crippen LogP contribution in [0.2, 0.25) is 0 Å². The molecule has 0 aliphatic heterocycles. The third-order valence-electron chi connectivity index (χ3n) is 2.82. The number of halogens is 3. The van der Waals surface area contributed by atoms with Crippen molar-refractivity contribution in [2.45, 2.75) is 6.54 Å². The van der Waals surface area contributed by atoms with Crippen LogP contribution in [-0.4, -0.2) is 20.1 Å². The summed E-state index contributed by atoms with van der Waals surface area (Å²) in [7, 11) is 3.08. The molecule has 1 aromatic heterocycles. The highest BCUT2D eigenvalue weighted by molar-refractivity contribution is 9.10. The number of anilines is 2. The lowest BCUT2D eigenvalue weighted by atomic mass is 10.2. The number of nitrogens with zero attached hydrogens (tertiary/aromatic N) is 1. The number of rotatable bonds is 4. The number of hydrogen-bond acceptors (Lipinski definition) is 3. The summed E-state index contributed by atoms with van der Waals surface area (Å²) in [4.78, 5) is 14.1. The van der Waals surface area contributed by atoms with Gasteiger partial charge in [0, 0.05) is 29.1 Å². The molecule has 0 fully saturated rings. The second kappa shape index (κ2) is 7.06. The quantitative estimate of drug-likeness (QED) is 0.823. The van der Waals surface area contributed by atoms with Crippen molar-refractivity contribution in [3.63, 3.8) is 0 Å². The maximum Gasteiger partial charge on any atom is 0.319 e. The second-order valence-electron chi connectivity index (χ2n) is 4.68. The maximum atomic E-state index is 13.8. The summed E-state index contributed by atoms with van der Waals surface area (Å²) in [5, 5.41) is 6.93. The first-order valence-corrected chi connectivity index (χ1v) is 7.99. The molecule has 0 aliphatic carbocycles. The normalized spacial score (nSPS) is 10.4. The average molecular weight is 390 g/mol. The van der Waals surface area contributed by atoms with Gasteiger partial charge in [0.2, 0.25) is 0 Å². The van der Waals surface area contributed by atoms with E-state index in [1.54, 1.807) is 14.1 Å². The van der Waals surface area contributed by atoms with Gasteiger partial charge in [-0.3, -0.25) is 0 Å². The van der Waals surface area contributed by atoms with E-state index in [2.05, 4.69) is 26.6 Å². The van der Waals surface area contributed by atoms with E-state index in [4.69, 9.17) is 0 Å². The number of benzene rings is 1. The SMILES string of the molecule is CN(C)c1c(F)cc(NC(=O)NCc2sccc2Br)cc1F. The van der Waals surface area contributed by atoms with Gasteiger partial charge >= 0.3 is 6.03 Å². The van der Waals surface area contributed by atoms with Gasteiger partial charge in [-0.2, -0.15) is 0 Å². The van der Waals surface area contributed by atoms with Gasteiger partial charge < -0.3 is 15.5 Å². The molecule has 22 heavy (non-hydrogen) atoms. The third-order valence-corrected chi connectivity index (χ3v) is 4.75. The summed E-state index contributed by atoms with van der Waals surface area (Å²) in [5.74, 6) is -1.47. The lowest BCUT2D eigenvalue weighted by Gasteiger charge is -2.16. The zero-order valence-electron chi connectivity index (χ0n) is 11.9. The summed E-state index contributed by atoms with van der Waals surface area (Å²) in [6.45, 7) is 0.324. The van der Waals surface area contributed by atoms with Crippen LogP contribution in [0.5, 0.6) is 0 Å². The van der Waals surface area contributed by atoms with Crippen molar-refractivity contribution >= 4 is 44.7 Å². The van der Waals surface area contributed by atoms with Crippen molar-refractivity contribution in [2.75, 3.05) is 24.3 Å². The molecule has 0 radical (unpaired) electrons. The Morgan fingerprint density at radius 1 is 1.32 bits per heavy atom. The van der Waals surface area contributed by atoms with Gasteiger partial charge in [-0.15, -0.1) is 11.3 Å². The van der Waals surface area contributed by atoms with E-state index >= 15 is 0 Å². The fraction of sp³-hybridized carbons (Fsp3) is 0.214. The lowest BCUT2D eigenvalue weighted by Crippen LogP contribution is -2.28. The van der Waals surface area contributed by atoms with E-state index in [0.717, 1.165) is 21.5 Å². The van der Waals surface area contributed by atoms with Crippen molar-refractivity contribution in [3.05, 3.63) is 44.6 Å². The molecule has 0 unspecified atom stereocenters. The number of thiophene rings is 1. The van der Waals surface area contributed by atoms with Crippen molar-refractivity contribution in [1.29, 1.82) is 0 Å². The van der Waals surface area contributed by atoms with Crippen LogP contribution in [0.15, 0.2) is 28.1 Å². The molecule has 0 saturated carbocycles. The van der Waals surface area contributed by atoms with Crippen LogP contribution in [0.25, 0.3) is 0 Å². The molecule has 2 rings (SSSR count). The molecule has 1 aromatic carbocycles. The summed E-state index contributed by atoms with van der Waals surface area (Å²) in [5.41, 5.74) is -0.0863. The Kier molecular flexibility index (Phi) is 5.36. The van der Waals surface area contributed by atoms with E-state index in [9.17, 15) is 13.6 Å². The van der Waals surface area contributed by atoms with Gasteiger partial charge in [0.1, 0.15) is 5.69 Å². The van der Waals surface area contributed by atoms with Gasteiger partial charge in [-0.25, -0.2) is 13.6 Å². The van der Waals surface area contributed by atoms with E-state index < -0.39 is 17.7 Å². The molecule has 2 aromatic rings. The highest BCUT2D eigenvalue weighted by Crippen LogP contribution is 2.25. The molecule has 0 spiro atoms. The average Bonchev–Trinajstić information content (AvgIpc) is 2.80. The van der Waals surface area contributed by atoms with Crippen molar-refractivity contribution in [1.82, 2.24) is 5.32 Å². The first-order chi connectivity index (χ1) is 10.4. The van der Waals surface area contributed by atoms with Crippen LogP contribution in [0.3, 0.4) is 0 Å². The minimum absolute atomic E-state index is 0.0587. The fourth-order valence-corrected chi connectivity index (χ4v) is 3.28. The van der Waals surface area contributed by atoms with Gasteiger partial charge in [0.25, 0.3) is 0 Å². The molecule has 0 atom stereocenters. The molecule has 0 aliphatic rings. The van der Waals surface area contributed by atoms with E-state index in [1.165, 1.54) is 16.2 Å². The Bertz CT molecular complexity index is 667. The molecule has 118 valence electrons. The topological polar surface area (TPSA) is 44.4 Å². The molecule has 1 heterocycles. The highest BCUT2D eigenvalue weighted by Gasteiger charge is 2.14. The maximum absolute atomic E-state index is 13.8. The van der Waals surface area contributed by atoms with Crippen molar-refractivity contribution in [2.24, 2.45) is 0 Å². The van der Waals surface area contributed by atoms with Gasteiger partial charge in [0.15, 0.2) is 11.6 Å². The molecule has 4 nitrogen and oxygen atoms in total. The van der Waals surface area contributed by atoms with Crippen molar-refractivity contribution < 1.29 is 13.6 Å². The number of urea groups is 1. The van der Waals surface area contributed by atoms with Crippen LogP contribution in [-0.2, 0) is 6.54 Å². The van der Waals surface area contributed by atoms with Crippen LogP contribution < -0.4 is 15.5 Å². The summed E-state index contributed by atoms with van der Waals surface area (Å²) in [6.07, 6.45) is 0. The Balaban J connectivity index is 2.01. The van der Waals surface area contributed by atoms with Crippen LogP contribution in [0, 0.1) is 11.6 Å². The monoisotopic (exact) mass is 389 g/mol. The second-order valence-corrected chi connectivity index (χ2v) is 6.54. The zero-order valence-corrected chi connectivity index (χ0v) is 14.3. The Morgan fingerprint density at radius 3 is 2.45 bits per heavy atom. The number of carbonyl (C=O) groups is 1. The molecule has 2 N–H and O–H groups in total. The molecular weight excluding hydrogens is 376 g/mol. The summed E-state index contributed by atoms with van der Waals surface area (Å²) < 4.78 is 28.5. The Morgan fingerprint density at radius 2 is 1.95 bits per heavy atom. The van der Waals surface area contributed by atoms with Crippen LogP contribution in [0.1, 0.15) is 4.88 Å². The first kappa shape index (κ1) is 16.7. The highest BCUT2D eigenvalue weighted by atomic mass is 79.9. The number of amides is 2. The smallest absolute Gasteiger partial charge is 0.319 e. The largest absolute Gasteiger partial charge is 0.373 e. The van der Waals surface area contributed by atoms with Gasteiger partial charge in [-0.05, 0) is 39.5 Å². The first-order valence-electron chi connectivity index (χ1n) is 6.31. The van der Waals surface area contributed by atoms with Crippen LogP contribution in [0.4, 0.5) is 25.0 Å². The third kappa shape index (κ3) is 3.95.